The van der Waals surface area contributed by atoms with Crippen molar-refractivity contribution in [1.29, 1.82) is 0 Å². The molecule has 4 rings (SSSR count). The highest BCUT2D eigenvalue weighted by atomic mass is 16.1. The highest BCUT2D eigenvalue weighted by Crippen LogP contribution is 2.31. The van der Waals surface area contributed by atoms with Crippen LogP contribution in [0.15, 0.2) is 36.4 Å². The van der Waals surface area contributed by atoms with Crippen molar-refractivity contribution in [1.82, 2.24) is 5.32 Å². The quantitative estimate of drug-likeness (QED) is 0.569. The molecule has 0 saturated heterocycles. The summed E-state index contributed by atoms with van der Waals surface area (Å²) >= 11 is 0. The monoisotopic (exact) mass is 404 g/mol. The molecule has 3 nitrogen and oxygen atoms in total. The van der Waals surface area contributed by atoms with Crippen LogP contribution in [-0.4, -0.2) is 19.0 Å². The standard InChI is InChI=1S/C27H36N2O/c1-20-9-5-6-12-23(20)27(30)29-26-16-15-22(24-13-7-8-14-25(24)26)17-18-28-19-21-10-3-2-4-11-21/h5-6,9,12,15-16,21,28H,2-4,7-8,10-11,13-14,17-19H2,1H3,(H,29,30). The van der Waals surface area contributed by atoms with Crippen LogP contribution < -0.4 is 10.6 Å². The number of benzene rings is 2. The molecule has 1 amide bonds. The van der Waals surface area contributed by atoms with Crippen LogP contribution in [0.4, 0.5) is 5.69 Å². The lowest BCUT2D eigenvalue weighted by atomic mass is 9.86. The van der Waals surface area contributed by atoms with Crippen molar-refractivity contribution in [2.75, 3.05) is 18.4 Å². The van der Waals surface area contributed by atoms with E-state index in [0.717, 1.165) is 48.5 Å². The molecule has 0 atom stereocenters. The second-order valence-electron chi connectivity index (χ2n) is 9.16. The van der Waals surface area contributed by atoms with E-state index in [-0.39, 0.29) is 5.91 Å². The Morgan fingerprint density at radius 3 is 2.50 bits per heavy atom. The summed E-state index contributed by atoms with van der Waals surface area (Å²) in [5, 5.41) is 6.93. The highest BCUT2D eigenvalue weighted by molar-refractivity contribution is 6.05. The molecule has 2 N–H and O–H groups in total. The van der Waals surface area contributed by atoms with Gasteiger partial charge in [-0.3, -0.25) is 4.79 Å². The fourth-order valence-corrected chi connectivity index (χ4v) is 5.23. The van der Waals surface area contributed by atoms with E-state index in [2.05, 4.69) is 22.8 Å². The van der Waals surface area contributed by atoms with Crippen LogP contribution in [0.1, 0.15) is 77.6 Å². The molecular formula is C27H36N2O. The van der Waals surface area contributed by atoms with Crippen molar-refractivity contribution in [2.45, 2.75) is 71.1 Å². The third-order valence-corrected chi connectivity index (χ3v) is 7.00. The summed E-state index contributed by atoms with van der Waals surface area (Å²) in [5.74, 6) is 0.884. The number of nitrogens with one attached hydrogen (secondary N) is 2. The second kappa shape index (κ2) is 10.3. The van der Waals surface area contributed by atoms with Crippen LogP contribution >= 0.6 is 0 Å². The van der Waals surface area contributed by atoms with Crippen molar-refractivity contribution < 1.29 is 4.79 Å². The maximum absolute atomic E-state index is 12.8. The van der Waals surface area contributed by atoms with Gasteiger partial charge in [-0.15, -0.1) is 0 Å². The molecule has 1 saturated carbocycles. The van der Waals surface area contributed by atoms with Gasteiger partial charge in [0.2, 0.25) is 0 Å². The predicted octanol–water partition coefficient (Wildman–Crippen LogP) is 5.84. The molecule has 0 radical (unpaired) electrons. The first kappa shape index (κ1) is 21.1. The average Bonchev–Trinajstić information content (AvgIpc) is 2.79. The first-order valence-corrected chi connectivity index (χ1v) is 11.9. The van der Waals surface area contributed by atoms with Gasteiger partial charge in [0.15, 0.2) is 0 Å². The first-order valence-electron chi connectivity index (χ1n) is 11.9. The molecule has 2 aliphatic rings. The lowest BCUT2D eigenvalue weighted by Gasteiger charge is -2.24. The number of carbonyl (C=O) groups is 1. The van der Waals surface area contributed by atoms with Crippen LogP contribution in [0, 0.1) is 12.8 Å². The van der Waals surface area contributed by atoms with Gasteiger partial charge in [0, 0.05) is 11.3 Å². The highest BCUT2D eigenvalue weighted by Gasteiger charge is 2.19. The molecule has 0 heterocycles. The Balaban J connectivity index is 1.41. The predicted molar refractivity (Wildman–Crippen MR) is 125 cm³/mol. The van der Waals surface area contributed by atoms with Crippen molar-refractivity contribution in [3.8, 4) is 0 Å². The van der Waals surface area contributed by atoms with Crippen LogP contribution in [0.3, 0.4) is 0 Å². The number of aryl methyl sites for hydroxylation is 1. The van der Waals surface area contributed by atoms with Crippen LogP contribution in [-0.2, 0) is 19.3 Å². The maximum atomic E-state index is 12.8. The molecule has 1 fully saturated rings. The van der Waals surface area contributed by atoms with Gasteiger partial charge in [-0.05, 0) is 105 Å². The fourth-order valence-electron chi connectivity index (χ4n) is 5.23. The molecule has 0 aliphatic heterocycles. The zero-order valence-electron chi connectivity index (χ0n) is 18.4. The minimum absolute atomic E-state index is 0.00257. The summed E-state index contributed by atoms with van der Waals surface area (Å²) in [6.07, 6.45) is 12.8. The lowest BCUT2D eigenvalue weighted by Crippen LogP contribution is -2.26. The Morgan fingerprint density at radius 1 is 0.933 bits per heavy atom. The topological polar surface area (TPSA) is 41.1 Å². The number of fused-ring (bicyclic) bond motifs is 1. The SMILES string of the molecule is Cc1ccccc1C(=O)Nc1ccc(CCNCC2CCCCC2)c2c1CCCC2. The van der Waals surface area contributed by atoms with E-state index in [1.54, 1.807) is 0 Å². The van der Waals surface area contributed by atoms with E-state index < -0.39 is 0 Å². The minimum atomic E-state index is 0.00257. The van der Waals surface area contributed by atoms with Crippen LogP contribution in [0.2, 0.25) is 0 Å². The molecule has 3 heteroatoms. The second-order valence-corrected chi connectivity index (χ2v) is 9.16. The average molecular weight is 405 g/mol. The molecule has 0 spiro atoms. The minimum Gasteiger partial charge on any atom is -0.322 e. The van der Waals surface area contributed by atoms with Crippen molar-refractivity contribution in [3.63, 3.8) is 0 Å². The third kappa shape index (κ3) is 5.13. The number of anilines is 1. The smallest absolute Gasteiger partial charge is 0.255 e. The van der Waals surface area contributed by atoms with Crippen LogP contribution in [0.25, 0.3) is 0 Å². The molecule has 2 aromatic carbocycles. The van der Waals surface area contributed by atoms with Crippen molar-refractivity contribution in [3.05, 3.63) is 64.2 Å². The van der Waals surface area contributed by atoms with E-state index in [1.165, 1.54) is 68.2 Å². The van der Waals surface area contributed by atoms with E-state index in [9.17, 15) is 4.79 Å². The Hall–Kier alpha value is -2.13. The normalized spacial score (nSPS) is 16.8. The van der Waals surface area contributed by atoms with Gasteiger partial charge in [-0.25, -0.2) is 0 Å². The summed E-state index contributed by atoms with van der Waals surface area (Å²) in [6, 6.07) is 12.2. The summed E-state index contributed by atoms with van der Waals surface area (Å²) < 4.78 is 0. The third-order valence-electron chi connectivity index (χ3n) is 7.00. The maximum Gasteiger partial charge on any atom is 0.255 e. The summed E-state index contributed by atoms with van der Waals surface area (Å²) in [7, 11) is 0. The van der Waals surface area contributed by atoms with E-state index in [0.29, 0.717) is 0 Å². The summed E-state index contributed by atoms with van der Waals surface area (Å²) in [4.78, 5) is 12.8. The van der Waals surface area contributed by atoms with Crippen molar-refractivity contribution in [2.24, 2.45) is 5.92 Å². The number of amides is 1. The lowest BCUT2D eigenvalue weighted by molar-refractivity contribution is 0.102. The number of hydrogen-bond acceptors (Lipinski definition) is 2. The Kier molecular flexibility index (Phi) is 7.22. The number of rotatable bonds is 7. The Morgan fingerprint density at radius 2 is 1.70 bits per heavy atom. The van der Waals surface area contributed by atoms with Crippen molar-refractivity contribution >= 4 is 11.6 Å². The zero-order chi connectivity index (χ0) is 20.8. The summed E-state index contributed by atoms with van der Waals surface area (Å²) in [6.45, 7) is 4.22. The van der Waals surface area contributed by atoms with Gasteiger partial charge in [0.25, 0.3) is 5.91 Å². The molecule has 2 aliphatic carbocycles. The molecule has 0 bridgehead atoms. The zero-order valence-corrected chi connectivity index (χ0v) is 18.4. The molecule has 0 unspecified atom stereocenters. The van der Waals surface area contributed by atoms with Gasteiger partial charge in [0.1, 0.15) is 0 Å². The molecule has 2 aromatic rings. The largest absolute Gasteiger partial charge is 0.322 e. The molecule has 0 aromatic heterocycles. The van der Waals surface area contributed by atoms with Gasteiger partial charge in [-0.2, -0.15) is 0 Å². The Bertz CT molecular complexity index is 867. The number of carbonyl (C=O) groups excluding carboxylic acids is 1. The van der Waals surface area contributed by atoms with E-state index in [4.69, 9.17) is 0 Å². The van der Waals surface area contributed by atoms with Gasteiger partial charge in [-0.1, -0.05) is 43.5 Å². The first-order chi connectivity index (χ1) is 14.7. The van der Waals surface area contributed by atoms with E-state index in [1.807, 2.05) is 31.2 Å². The summed E-state index contributed by atoms with van der Waals surface area (Å²) in [5.41, 5.74) is 7.12. The Labute approximate surface area is 181 Å². The molecule has 30 heavy (non-hydrogen) atoms. The van der Waals surface area contributed by atoms with E-state index >= 15 is 0 Å². The van der Waals surface area contributed by atoms with Gasteiger partial charge in [0.05, 0.1) is 0 Å². The van der Waals surface area contributed by atoms with Crippen LogP contribution in [0.5, 0.6) is 0 Å². The molecule has 160 valence electrons. The molecular weight excluding hydrogens is 368 g/mol. The van der Waals surface area contributed by atoms with Gasteiger partial charge < -0.3 is 10.6 Å². The fraction of sp³-hybridized carbons (Fsp3) is 0.519. The number of hydrogen-bond donors (Lipinski definition) is 2. The van der Waals surface area contributed by atoms with Gasteiger partial charge >= 0.3 is 0 Å².